The molecule has 2 aliphatic rings. The van der Waals surface area contributed by atoms with Crippen molar-refractivity contribution in [1.29, 1.82) is 0 Å². The topological polar surface area (TPSA) is 49.4 Å². The predicted molar refractivity (Wildman–Crippen MR) is 80.5 cm³/mol. The predicted octanol–water partition coefficient (Wildman–Crippen LogP) is 3.03. The van der Waals surface area contributed by atoms with Crippen LogP contribution in [-0.2, 0) is 4.79 Å². The summed E-state index contributed by atoms with van der Waals surface area (Å²) in [5, 5.41) is 2.95. The molecule has 4 nitrogen and oxygen atoms in total. The third kappa shape index (κ3) is 2.35. The molecule has 1 heterocycles. The molecule has 0 aromatic heterocycles. The monoisotopic (exact) mass is 284 g/mol. The van der Waals surface area contributed by atoms with E-state index in [2.05, 4.69) is 19.2 Å². The average molecular weight is 284 g/mol. The van der Waals surface area contributed by atoms with Gasteiger partial charge in [0.2, 0.25) is 0 Å². The lowest BCUT2D eigenvalue weighted by Crippen LogP contribution is -2.49. The summed E-state index contributed by atoms with van der Waals surface area (Å²) in [6.45, 7) is 4.15. The Labute approximate surface area is 124 Å². The number of ketones is 1. The van der Waals surface area contributed by atoms with Crippen molar-refractivity contribution in [3.05, 3.63) is 47.2 Å². The summed E-state index contributed by atoms with van der Waals surface area (Å²) in [7, 11) is 1.74. The number of carbonyl (C=O) groups excluding carboxylic acids is 2. The van der Waals surface area contributed by atoms with Gasteiger partial charge in [0.05, 0.1) is 6.04 Å². The molecule has 1 aromatic carbocycles. The first-order valence-corrected chi connectivity index (χ1v) is 7.24. The summed E-state index contributed by atoms with van der Waals surface area (Å²) < 4.78 is 0. The number of Topliss-reactive ketones (excluding diaryl/α,β-unsaturated/α-hetero) is 1. The Morgan fingerprint density at radius 1 is 1.14 bits per heavy atom. The van der Waals surface area contributed by atoms with Crippen LogP contribution in [0.5, 0.6) is 0 Å². The number of carbonyl (C=O) groups is 2. The summed E-state index contributed by atoms with van der Waals surface area (Å²) in [6.07, 6.45) is 1.28. The molecule has 4 heteroatoms. The number of amides is 2. The van der Waals surface area contributed by atoms with Crippen LogP contribution in [0.25, 0.3) is 0 Å². The Hall–Kier alpha value is -2.10. The van der Waals surface area contributed by atoms with Gasteiger partial charge in [0.15, 0.2) is 5.78 Å². The molecule has 1 aliphatic heterocycles. The molecule has 0 spiro atoms. The number of allylic oxidation sites excluding steroid dienone is 1. The van der Waals surface area contributed by atoms with Crippen molar-refractivity contribution in [2.45, 2.75) is 32.7 Å². The largest absolute Gasteiger partial charge is 0.327 e. The second kappa shape index (κ2) is 4.72. The first-order valence-electron chi connectivity index (χ1n) is 7.24. The zero-order valence-corrected chi connectivity index (χ0v) is 12.6. The summed E-state index contributed by atoms with van der Waals surface area (Å²) in [5.74, 6) is 0.141. The van der Waals surface area contributed by atoms with Crippen molar-refractivity contribution >= 4 is 11.8 Å². The number of hydrogen-bond donors (Lipinski definition) is 1. The summed E-state index contributed by atoms with van der Waals surface area (Å²) in [6, 6.07) is 9.22. The normalized spacial score (nSPS) is 24.7. The number of rotatable bonds is 1. The van der Waals surface area contributed by atoms with Crippen LogP contribution in [0, 0.1) is 5.41 Å². The van der Waals surface area contributed by atoms with Crippen molar-refractivity contribution in [3.8, 4) is 0 Å². The first-order chi connectivity index (χ1) is 9.89. The highest BCUT2D eigenvalue weighted by Crippen LogP contribution is 2.43. The minimum Gasteiger partial charge on any atom is -0.327 e. The molecule has 21 heavy (non-hydrogen) atoms. The van der Waals surface area contributed by atoms with Crippen molar-refractivity contribution in [2.24, 2.45) is 5.41 Å². The van der Waals surface area contributed by atoms with Crippen molar-refractivity contribution in [1.82, 2.24) is 10.2 Å². The molecule has 0 saturated carbocycles. The Balaban J connectivity index is 2.13. The quantitative estimate of drug-likeness (QED) is 0.861. The molecule has 0 saturated heterocycles. The highest BCUT2D eigenvalue weighted by atomic mass is 16.2. The molecule has 1 unspecified atom stereocenters. The zero-order chi connectivity index (χ0) is 15.2. The van der Waals surface area contributed by atoms with E-state index in [0.717, 1.165) is 23.3 Å². The van der Waals surface area contributed by atoms with Crippen LogP contribution in [0.2, 0.25) is 0 Å². The van der Waals surface area contributed by atoms with Crippen LogP contribution < -0.4 is 5.32 Å². The fourth-order valence-electron chi connectivity index (χ4n) is 3.24. The van der Waals surface area contributed by atoms with E-state index in [-0.39, 0.29) is 23.3 Å². The fourth-order valence-corrected chi connectivity index (χ4v) is 3.24. The fraction of sp³-hybridized carbons (Fsp3) is 0.412. The third-order valence-corrected chi connectivity index (χ3v) is 4.30. The molecule has 1 aliphatic carbocycles. The van der Waals surface area contributed by atoms with Crippen LogP contribution in [0.4, 0.5) is 4.79 Å². The summed E-state index contributed by atoms with van der Waals surface area (Å²) >= 11 is 0. The Bertz CT molecular complexity index is 631. The van der Waals surface area contributed by atoms with Crippen molar-refractivity contribution < 1.29 is 9.59 Å². The SMILES string of the molecule is CN1C(=O)NC(c2ccccc2)C2=C1CC(C)(C)CC2=O. The number of benzene rings is 1. The van der Waals surface area contributed by atoms with Gasteiger partial charge in [0.25, 0.3) is 0 Å². The van der Waals surface area contributed by atoms with Gasteiger partial charge in [-0.25, -0.2) is 4.79 Å². The van der Waals surface area contributed by atoms with E-state index >= 15 is 0 Å². The van der Waals surface area contributed by atoms with Gasteiger partial charge in [0, 0.05) is 24.7 Å². The van der Waals surface area contributed by atoms with Crippen LogP contribution in [-0.4, -0.2) is 23.8 Å². The van der Waals surface area contributed by atoms with E-state index in [9.17, 15) is 9.59 Å². The van der Waals surface area contributed by atoms with Crippen LogP contribution in [0.15, 0.2) is 41.6 Å². The standard InChI is InChI=1S/C17H20N2O2/c1-17(2)9-12-14(13(20)10-17)15(18-16(21)19(12)3)11-7-5-4-6-8-11/h4-8,15H,9-10H2,1-3H3,(H,18,21). The second-order valence-corrected chi connectivity index (χ2v) is 6.65. The van der Waals surface area contributed by atoms with Gasteiger partial charge in [-0.1, -0.05) is 44.2 Å². The molecule has 0 bridgehead atoms. The number of nitrogens with zero attached hydrogens (tertiary/aromatic N) is 1. The van der Waals surface area contributed by atoms with Crippen LogP contribution in [0.3, 0.4) is 0 Å². The number of urea groups is 1. The van der Waals surface area contributed by atoms with Crippen LogP contribution >= 0.6 is 0 Å². The van der Waals surface area contributed by atoms with E-state index in [0.29, 0.717) is 6.42 Å². The van der Waals surface area contributed by atoms with Crippen molar-refractivity contribution in [2.75, 3.05) is 7.05 Å². The molecule has 1 N–H and O–H groups in total. The van der Waals surface area contributed by atoms with E-state index < -0.39 is 0 Å². The highest BCUT2D eigenvalue weighted by molar-refractivity contribution is 6.01. The van der Waals surface area contributed by atoms with Crippen LogP contribution in [0.1, 0.15) is 38.3 Å². The summed E-state index contributed by atoms with van der Waals surface area (Å²) in [5.41, 5.74) is 2.49. The van der Waals surface area contributed by atoms with E-state index in [4.69, 9.17) is 0 Å². The van der Waals surface area contributed by atoms with Gasteiger partial charge in [-0.05, 0) is 17.4 Å². The lowest BCUT2D eigenvalue weighted by Gasteiger charge is -2.42. The molecule has 3 rings (SSSR count). The zero-order valence-electron chi connectivity index (χ0n) is 12.6. The average Bonchev–Trinajstić information content (AvgIpc) is 2.43. The maximum atomic E-state index is 12.6. The Morgan fingerprint density at radius 3 is 2.48 bits per heavy atom. The molecular weight excluding hydrogens is 264 g/mol. The molecular formula is C17H20N2O2. The van der Waals surface area contributed by atoms with Crippen molar-refractivity contribution in [3.63, 3.8) is 0 Å². The third-order valence-electron chi connectivity index (χ3n) is 4.30. The smallest absolute Gasteiger partial charge is 0.322 e. The van der Waals surface area contributed by atoms with Gasteiger partial charge in [-0.2, -0.15) is 0 Å². The van der Waals surface area contributed by atoms with Gasteiger partial charge >= 0.3 is 6.03 Å². The molecule has 0 fully saturated rings. The minimum absolute atomic E-state index is 0.0942. The molecule has 2 amide bonds. The van der Waals surface area contributed by atoms with Gasteiger partial charge < -0.3 is 10.2 Å². The lowest BCUT2D eigenvalue weighted by atomic mass is 9.72. The Morgan fingerprint density at radius 2 is 1.81 bits per heavy atom. The number of nitrogens with one attached hydrogen (secondary N) is 1. The minimum atomic E-state index is -0.325. The molecule has 1 aromatic rings. The maximum Gasteiger partial charge on any atom is 0.322 e. The van der Waals surface area contributed by atoms with Gasteiger partial charge in [-0.3, -0.25) is 4.79 Å². The lowest BCUT2D eigenvalue weighted by molar-refractivity contribution is -0.118. The molecule has 110 valence electrons. The molecule has 1 atom stereocenters. The van der Waals surface area contributed by atoms with E-state index in [1.54, 1.807) is 11.9 Å². The van der Waals surface area contributed by atoms with Gasteiger partial charge in [0.1, 0.15) is 0 Å². The summed E-state index contributed by atoms with van der Waals surface area (Å²) in [4.78, 5) is 26.5. The second-order valence-electron chi connectivity index (χ2n) is 6.65. The molecule has 0 radical (unpaired) electrons. The van der Waals surface area contributed by atoms with Gasteiger partial charge in [-0.15, -0.1) is 0 Å². The number of hydrogen-bond acceptors (Lipinski definition) is 2. The van der Waals surface area contributed by atoms with E-state index in [1.165, 1.54) is 0 Å². The maximum absolute atomic E-state index is 12.6. The van der Waals surface area contributed by atoms with E-state index in [1.807, 2.05) is 30.3 Å². The Kier molecular flexibility index (Phi) is 3.12. The highest BCUT2D eigenvalue weighted by Gasteiger charge is 2.42. The first kappa shape index (κ1) is 13.9.